The zero-order valence-electron chi connectivity index (χ0n) is 21.1. The van der Waals surface area contributed by atoms with Gasteiger partial charge in [-0.3, -0.25) is 9.59 Å². The van der Waals surface area contributed by atoms with Gasteiger partial charge in [0.1, 0.15) is 33.6 Å². The lowest BCUT2D eigenvalue weighted by Crippen LogP contribution is -2.35. The molecule has 1 aromatic carbocycles. The number of aliphatic hydroxyl groups is 1. The predicted octanol–water partition coefficient (Wildman–Crippen LogP) is 3.21. The maximum atomic E-state index is 13.4. The number of aliphatic hydroxyl groups excluding tert-OH is 1. The molecule has 10 heteroatoms. The van der Waals surface area contributed by atoms with E-state index in [1.807, 2.05) is 18.2 Å². The molecule has 4 rings (SSSR count). The van der Waals surface area contributed by atoms with E-state index in [1.54, 1.807) is 29.8 Å². The Kier molecular flexibility index (Phi) is 8.38. The van der Waals surface area contributed by atoms with E-state index in [2.05, 4.69) is 4.98 Å². The number of aromatic nitrogens is 3. The number of aromatic amines is 1. The zero-order valence-corrected chi connectivity index (χ0v) is 21.9. The highest BCUT2D eigenvalue weighted by Gasteiger charge is 2.25. The molecule has 1 aliphatic heterocycles. The summed E-state index contributed by atoms with van der Waals surface area (Å²) in [6, 6.07) is 5.33. The van der Waals surface area contributed by atoms with Crippen LogP contribution in [0.4, 0.5) is 0 Å². The number of aryl methyl sites for hydroxylation is 2. The number of ether oxygens (including phenoxy) is 1. The number of piperidine rings is 1. The molecule has 1 fully saturated rings. The van der Waals surface area contributed by atoms with Gasteiger partial charge in [0, 0.05) is 32.3 Å². The van der Waals surface area contributed by atoms with Crippen molar-refractivity contribution in [1.29, 1.82) is 0 Å². The second kappa shape index (κ2) is 11.5. The number of nitrogens with one attached hydrogen (secondary N) is 1. The number of aldehydes is 1. The van der Waals surface area contributed by atoms with Gasteiger partial charge in [-0.1, -0.05) is 13.3 Å². The minimum absolute atomic E-state index is 0.182. The Morgan fingerprint density at radius 3 is 2.67 bits per heavy atom. The Bertz CT molecular complexity index is 1320. The molecule has 9 nitrogen and oxygen atoms in total. The SMILES string of the molecule is CCCc1c(C=O)n(C)c2c(=O)[nH]c(-c3cc(S(=O)N4CCC(CCO)CC4)ccc3OCC)nc12. The molecular weight excluding hydrogens is 480 g/mol. The molecule has 36 heavy (non-hydrogen) atoms. The monoisotopic (exact) mass is 514 g/mol. The van der Waals surface area contributed by atoms with E-state index in [4.69, 9.17) is 9.72 Å². The highest BCUT2D eigenvalue weighted by atomic mass is 32.2. The van der Waals surface area contributed by atoms with E-state index in [1.165, 1.54) is 0 Å². The summed E-state index contributed by atoms with van der Waals surface area (Å²) < 4.78 is 22.8. The largest absolute Gasteiger partial charge is 0.493 e. The second-order valence-electron chi connectivity index (χ2n) is 9.13. The quantitative estimate of drug-likeness (QED) is 0.401. The molecule has 194 valence electrons. The van der Waals surface area contributed by atoms with Crippen molar-refractivity contribution in [1.82, 2.24) is 18.8 Å². The average molecular weight is 515 g/mol. The molecule has 0 bridgehead atoms. The summed E-state index contributed by atoms with van der Waals surface area (Å²) in [7, 11) is 0.315. The Hall–Kier alpha value is -2.82. The molecule has 1 atom stereocenters. The average Bonchev–Trinajstić information content (AvgIpc) is 3.15. The van der Waals surface area contributed by atoms with Crippen molar-refractivity contribution in [3.63, 3.8) is 0 Å². The van der Waals surface area contributed by atoms with Gasteiger partial charge in [0.25, 0.3) is 5.56 Å². The summed E-state index contributed by atoms with van der Waals surface area (Å²) in [5.74, 6) is 1.31. The number of rotatable bonds is 10. The smallest absolute Gasteiger partial charge is 0.275 e. The third-order valence-corrected chi connectivity index (χ3v) is 8.34. The Morgan fingerprint density at radius 1 is 1.28 bits per heavy atom. The predicted molar refractivity (Wildman–Crippen MR) is 140 cm³/mol. The fourth-order valence-electron chi connectivity index (χ4n) is 4.99. The maximum absolute atomic E-state index is 13.4. The van der Waals surface area contributed by atoms with Gasteiger partial charge >= 0.3 is 0 Å². The van der Waals surface area contributed by atoms with Crippen LogP contribution in [-0.2, 0) is 24.5 Å². The molecule has 0 amide bonds. The van der Waals surface area contributed by atoms with Gasteiger partial charge < -0.3 is 19.4 Å². The molecule has 1 saturated heterocycles. The van der Waals surface area contributed by atoms with Crippen molar-refractivity contribution >= 4 is 28.3 Å². The molecule has 1 aliphatic rings. The first-order valence-corrected chi connectivity index (χ1v) is 13.7. The van der Waals surface area contributed by atoms with E-state index in [0.29, 0.717) is 70.8 Å². The number of hydrogen-bond acceptors (Lipinski definition) is 6. The molecule has 2 N–H and O–H groups in total. The molecule has 0 radical (unpaired) electrons. The third kappa shape index (κ3) is 5.02. The lowest BCUT2D eigenvalue weighted by molar-refractivity contribution is 0.111. The van der Waals surface area contributed by atoms with Crippen molar-refractivity contribution in [2.45, 2.75) is 50.8 Å². The summed E-state index contributed by atoms with van der Waals surface area (Å²) in [6.45, 7) is 5.88. The Morgan fingerprint density at radius 2 is 2.03 bits per heavy atom. The van der Waals surface area contributed by atoms with Crippen molar-refractivity contribution in [3.8, 4) is 17.1 Å². The maximum Gasteiger partial charge on any atom is 0.275 e. The number of fused-ring (bicyclic) bond motifs is 1. The van der Waals surface area contributed by atoms with Gasteiger partial charge in [0.2, 0.25) is 0 Å². The first kappa shape index (κ1) is 26.2. The van der Waals surface area contributed by atoms with Crippen LogP contribution in [0.2, 0.25) is 0 Å². The fourth-order valence-corrected chi connectivity index (χ4v) is 6.23. The van der Waals surface area contributed by atoms with E-state index in [-0.39, 0.29) is 12.2 Å². The van der Waals surface area contributed by atoms with E-state index in [9.17, 15) is 18.9 Å². The molecule has 0 saturated carbocycles. The highest BCUT2D eigenvalue weighted by Crippen LogP contribution is 2.33. The Balaban J connectivity index is 1.77. The molecule has 2 aromatic heterocycles. The van der Waals surface area contributed by atoms with E-state index >= 15 is 0 Å². The van der Waals surface area contributed by atoms with Crippen molar-refractivity contribution in [2.75, 3.05) is 26.3 Å². The summed E-state index contributed by atoms with van der Waals surface area (Å²) in [6.07, 6.45) is 4.77. The summed E-state index contributed by atoms with van der Waals surface area (Å²) >= 11 is 0. The lowest BCUT2D eigenvalue weighted by atomic mass is 9.95. The number of carbonyl (C=O) groups excluding carboxylic acids is 1. The number of H-pyrrole nitrogens is 1. The molecule has 3 heterocycles. The van der Waals surface area contributed by atoms with Crippen molar-refractivity contribution in [3.05, 3.63) is 39.8 Å². The van der Waals surface area contributed by atoms with E-state index < -0.39 is 11.0 Å². The van der Waals surface area contributed by atoms with Gasteiger partial charge in [0.15, 0.2) is 6.29 Å². The van der Waals surface area contributed by atoms with Crippen LogP contribution in [0, 0.1) is 5.92 Å². The van der Waals surface area contributed by atoms with Crippen LogP contribution in [0.1, 0.15) is 55.6 Å². The van der Waals surface area contributed by atoms with Crippen molar-refractivity contribution in [2.24, 2.45) is 13.0 Å². The van der Waals surface area contributed by atoms with Crippen LogP contribution in [-0.4, -0.2) is 60.7 Å². The van der Waals surface area contributed by atoms with Gasteiger partial charge in [-0.15, -0.1) is 0 Å². The van der Waals surface area contributed by atoms with Crippen LogP contribution in [0.5, 0.6) is 5.75 Å². The van der Waals surface area contributed by atoms with Crippen LogP contribution in [0.25, 0.3) is 22.4 Å². The van der Waals surface area contributed by atoms with Gasteiger partial charge in [-0.2, -0.15) is 0 Å². The van der Waals surface area contributed by atoms with Gasteiger partial charge in [-0.05, 0) is 56.7 Å². The first-order chi connectivity index (χ1) is 17.4. The normalized spacial score (nSPS) is 15.9. The van der Waals surface area contributed by atoms with Crippen LogP contribution in [0.3, 0.4) is 0 Å². The molecule has 1 unspecified atom stereocenters. The zero-order chi connectivity index (χ0) is 25.8. The minimum Gasteiger partial charge on any atom is -0.493 e. The molecular formula is C26H34N4O5S. The van der Waals surface area contributed by atoms with Gasteiger partial charge in [0.05, 0.1) is 22.8 Å². The summed E-state index contributed by atoms with van der Waals surface area (Å²) in [4.78, 5) is 33.2. The standard InChI is InChI=1S/C26H34N4O5S/c1-4-6-19-21(16-32)29(3)24-23(19)27-25(28-26(24)33)20-15-18(7-8-22(20)35-5-2)36(34)30-12-9-17(10-13-30)11-14-31/h7-8,15-17,31H,4-6,9-14H2,1-3H3,(H,27,28,33). The topological polar surface area (TPSA) is 118 Å². The number of carbonyl (C=O) groups is 1. The Labute approximate surface area is 213 Å². The summed E-state index contributed by atoms with van der Waals surface area (Å²) in [5, 5.41) is 9.21. The highest BCUT2D eigenvalue weighted by molar-refractivity contribution is 7.82. The second-order valence-corrected chi connectivity index (χ2v) is 10.6. The summed E-state index contributed by atoms with van der Waals surface area (Å²) in [5.41, 5.74) is 2.26. The lowest BCUT2D eigenvalue weighted by Gasteiger charge is -2.30. The first-order valence-electron chi connectivity index (χ1n) is 12.5. The minimum atomic E-state index is -1.38. The molecule has 0 spiro atoms. The third-order valence-electron chi connectivity index (χ3n) is 6.85. The molecule has 0 aliphatic carbocycles. The van der Waals surface area contributed by atoms with Crippen molar-refractivity contribution < 1.29 is 18.8 Å². The number of hydrogen-bond donors (Lipinski definition) is 2. The van der Waals surface area contributed by atoms with Gasteiger partial charge in [-0.25, -0.2) is 13.5 Å². The molecule has 3 aromatic rings. The van der Waals surface area contributed by atoms with Crippen LogP contribution in [0.15, 0.2) is 27.9 Å². The number of benzene rings is 1. The van der Waals surface area contributed by atoms with Crippen LogP contribution >= 0.6 is 0 Å². The fraction of sp³-hybridized carbons (Fsp3) is 0.500. The number of nitrogens with zero attached hydrogens (tertiary/aromatic N) is 3. The van der Waals surface area contributed by atoms with Crippen LogP contribution < -0.4 is 10.3 Å². The van der Waals surface area contributed by atoms with E-state index in [0.717, 1.165) is 37.5 Å².